The van der Waals surface area contributed by atoms with Crippen molar-refractivity contribution in [2.75, 3.05) is 0 Å². The highest BCUT2D eigenvalue weighted by Gasteiger charge is 2.38. The summed E-state index contributed by atoms with van der Waals surface area (Å²) in [7, 11) is 0. The molecule has 0 amide bonds. The molecule has 0 nitrogen and oxygen atoms in total. The normalized spacial score (nSPS) is 9.45. The van der Waals surface area contributed by atoms with Gasteiger partial charge in [-0.2, -0.15) is 0 Å². The van der Waals surface area contributed by atoms with E-state index in [2.05, 4.69) is 79.7 Å². The Kier molecular flexibility index (Phi) is 15.8. The Bertz CT molecular complexity index is 1220. The fraction of sp³-hybridized carbons (Fsp3) is 0.0227. The van der Waals surface area contributed by atoms with Crippen LogP contribution in [-0.4, -0.2) is 0 Å². The molecule has 0 saturated heterocycles. The molecular formula is C44H41+. The first-order valence-corrected chi connectivity index (χ1v) is 14.8. The molecule has 7 aromatic rings. The smallest absolute Gasteiger partial charge is 0.0623 e. The van der Waals surface area contributed by atoms with Crippen molar-refractivity contribution in [1.29, 1.82) is 0 Å². The summed E-state index contributed by atoms with van der Waals surface area (Å²) in [6.07, 6.45) is 0. The van der Waals surface area contributed by atoms with Crippen LogP contribution in [0.15, 0.2) is 237 Å². The average molecular weight is 570 g/mol. The molecule has 0 aromatic heterocycles. The molecule has 216 valence electrons. The standard InChI is InChI=1S/C20H17.4C6H6/c1-20(17-11-5-2-6-12-17,18-13-7-3-8-14-18)19-15-9-4-10-16-19;4*1-2-4-6-5-3-1/h2-16H,1H2;4*1-6H/q+1;;;;. The first kappa shape index (κ1) is 32.9. The van der Waals surface area contributed by atoms with E-state index in [1.54, 1.807) is 0 Å². The van der Waals surface area contributed by atoms with Crippen molar-refractivity contribution >= 4 is 0 Å². The third-order valence-corrected chi connectivity index (χ3v) is 6.47. The van der Waals surface area contributed by atoms with E-state index in [1.165, 1.54) is 16.7 Å². The van der Waals surface area contributed by atoms with Crippen molar-refractivity contribution in [2.45, 2.75) is 5.41 Å². The summed E-state index contributed by atoms with van der Waals surface area (Å²) in [5.74, 6) is 0. The van der Waals surface area contributed by atoms with Gasteiger partial charge in [-0.15, -0.1) is 0 Å². The molecule has 7 rings (SSSR count). The van der Waals surface area contributed by atoms with E-state index in [9.17, 15) is 0 Å². The number of rotatable bonds is 3. The third-order valence-electron chi connectivity index (χ3n) is 6.47. The van der Waals surface area contributed by atoms with Crippen molar-refractivity contribution in [2.24, 2.45) is 0 Å². The Hall–Kier alpha value is -5.59. The van der Waals surface area contributed by atoms with Gasteiger partial charge >= 0.3 is 0 Å². The molecule has 0 unspecified atom stereocenters. The van der Waals surface area contributed by atoms with Crippen molar-refractivity contribution in [1.82, 2.24) is 0 Å². The quantitative estimate of drug-likeness (QED) is 0.147. The minimum Gasteiger partial charge on any atom is -0.0623 e. The van der Waals surface area contributed by atoms with E-state index in [-0.39, 0.29) is 5.41 Å². The zero-order chi connectivity index (χ0) is 30.8. The van der Waals surface area contributed by atoms with Crippen LogP contribution < -0.4 is 0 Å². The van der Waals surface area contributed by atoms with Crippen LogP contribution >= 0.6 is 0 Å². The summed E-state index contributed by atoms with van der Waals surface area (Å²) in [6.45, 7) is 4.58. The molecular weight excluding hydrogens is 528 g/mol. The summed E-state index contributed by atoms with van der Waals surface area (Å²) >= 11 is 0. The van der Waals surface area contributed by atoms with Crippen LogP contribution in [0.4, 0.5) is 0 Å². The molecule has 0 spiro atoms. The van der Waals surface area contributed by atoms with Crippen molar-refractivity contribution in [3.8, 4) is 0 Å². The zero-order valence-corrected chi connectivity index (χ0v) is 25.2. The lowest BCUT2D eigenvalue weighted by Gasteiger charge is -2.24. The van der Waals surface area contributed by atoms with Gasteiger partial charge in [0, 0.05) is 16.7 Å². The molecule has 0 fully saturated rings. The van der Waals surface area contributed by atoms with Gasteiger partial charge < -0.3 is 0 Å². The number of benzene rings is 7. The second-order valence-electron chi connectivity index (χ2n) is 9.62. The molecule has 0 aliphatic heterocycles. The lowest BCUT2D eigenvalue weighted by Crippen LogP contribution is -2.25. The molecule has 0 aliphatic carbocycles. The second kappa shape index (κ2) is 21.2. The predicted molar refractivity (Wildman–Crippen MR) is 190 cm³/mol. The lowest BCUT2D eigenvalue weighted by atomic mass is 9.71. The summed E-state index contributed by atoms with van der Waals surface area (Å²) in [5, 5.41) is 0. The minimum absolute atomic E-state index is 0.371. The molecule has 0 N–H and O–H groups in total. The van der Waals surface area contributed by atoms with Crippen molar-refractivity contribution < 1.29 is 0 Å². The predicted octanol–water partition coefficient (Wildman–Crippen LogP) is 11.6. The van der Waals surface area contributed by atoms with Gasteiger partial charge in [0.2, 0.25) is 0 Å². The van der Waals surface area contributed by atoms with Crippen LogP contribution in [0.1, 0.15) is 16.7 Å². The monoisotopic (exact) mass is 569 g/mol. The van der Waals surface area contributed by atoms with E-state index in [1.807, 2.05) is 164 Å². The minimum atomic E-state index is -0.371. The van der Waals surface area contributed by atoms with E-state index >= 15 is 0 Å². The van der Waals surface area contributed by atoms with Gasteiger partial charge in [0.15, 0.2) is 5.41 Å². The largest absolute Gasteiger partial charge is 0.180 e. The van der Waals surface area contributed by atoms with Crippen LogP contribution in [-0.2, 0) is 5.41 Å². The van der Waals surface area contributed by atoms with Crippen LogP contribution in [0.3, 0.4) is 0 Å². The van der Waals surface area contributed by atoms with E-state index in [0.29, 0.717) is 0 Å². The zero-order valence-electron chi connectivity index (χ0n) is 25.2. The molecule has 0 saturated carbocycles. The number of hydrogen-bond donors (Lipinski definition) is 0. The van der Waals surface area contributed by atoms with Crippen LogP contribution in [0, 0.1) is 6.92 Å². The van der Waals surface area contributed by atoms with E-state index < -0.39 is 0 Å². The fourth-order valence-corrected chi connectivity index (χ4v) is 4.21. The molecule has 0 heterocycles. The van der Waals surface area contributed by atoms with Gasteiger partial charge in [-0.3, -0.25) is 0 Å². The first-order valence-electron chi connectivity index (χ1n) is 14.8. The average Bonchev–Trinajstić information content (AvgIpc) is 3.16. The van der Waals surface area contributed by atoms with E-state index in [0.717, 1.165) is 0 Å². The van der Waals surface area contributed by atoms with Crippen LogP contribution in [0.2, 0.25) is 0 Å². The van der Waals surface area contributed by atoms with Gasteiger partial charge in [-0.25, -0.2) is 0 Å². The van der Waals surface area contributed by atoms with Crippen LogP contribution in [0.5, 0.6) is 0 Å². The molecule has 0 radical (unpaired) electrons. The summed E-state index contributed by atoms with van der Waals surface area (Å²) in [6, 6.07) is 79.4. The Labute approximate surface area is 265 Å². The van der Waals surface area contributed by atoms with Crippen molar-refractivity contribution in [3.05, 3.63) is 260 Å². The summed E-state index contributed by atoms with van der Waals surface area (Å²) in [4.78, 5) is 0. The number of hydrogen-bond acceptors (Lipinski definition) is 0. The first-order chi connectivity index (χ1) is 21.8. The molecule has 0 aliphatic rings. The highest BCUT2D eigenvalue weighted by molar-refractivity contribution is 5.51. The Balaban J connectivity index is 0.000000178. The van der Waals surface area contributed by atoms with Gasteiger partial charge in [0.05, 0.1) is 6.92 Å². The lowest BCUT2D eigenvalue weighted by molar-refractivity contribution is 0.774. The maximum atomic E-state index is 4.58. The maximum absolute atomic E-state index is 4.58. The third kappa shape index (κ3) is 12.5. The van der Waals surface area contributed by atoms with Gasteiger partial charge in [-0.1, -0.05) is 237 Å². The van der Waals surface area contributed by atoms with Crippen molar-refractivity contribution in [3.63, 3.8) is 0 Å². The SMILES string of the molecule is [CH2+]C(c1ccccc1)(c1ccccc1)c1ccccc1.c1ccccc1.c1ccccc1.c1ccccc1.c1ccccc1. The van der Waals surface area contributed by atoms with E-state index in [4.69, 9.17) is 0 Å². The summed E-state index contributed by atoms with van der Waals surface area (Å²) in [5.41, 5.74) is 3.25. The highest BCUT2D eigenvalue weighted by Crippen LogP contribution is 2.37. The van der Waals surface area contributed by atoms with Crippen LogP contribution in [0.25, 0.3) is 0 Å². The molecule has 0 bridgehead atoms. The molecule has 7 aromatic carbocycles. The molecule has 0 atom stereocenters. The van der Waals surface area contributed by atoms with Gasteiger partial charge in [0.25, 0.3) is 0 Å². The summed E-state index contributed by atoms with van der Waals surface area (Å²) < 4.78 is 0. The van der Waals surface area contributed by atoms with Gasteiger partial charge in [-0.05, 0) is 0 Å². The Morgan fingerprint density at radius 2 is 0.318 bits per heavy atom. The highest BCUT2D eigenvalue weighted by atomic mass is 14.3. The topological polar surface area (TPSA) is 0 Å². The maximum Gasteiger partial charge on any atom is 0.180 e. The van der Waals surface area contributed by atoms with Gasteiger partial charge in [0.1, 0.15) is 0 Å². The molecule has 44 heavy (non-hydrogen) atoms. The fourth-order valence-electron chi connectivity index (χ4n) is 4.21. The second-order valence-corrected chi connectivity index (χ2v) is 9.62. The Morgan fingerprint density at radius 1 is 0.205 bits per heavy atom. The molecule has 0 heteroatoms. The Morgan fingerprint density at radius 3 is 0.455 bits per heavy atom.